The predicted molar refractivity (Wildman–Crippen MR) is 115 cm³/mol. The molecule has 2 atom stereocenters. The van der Waals surface area contributed by atoms with Crippen molar-refractivity contribution in [3.05, 3.63) is 107 Å². The Bertz CT molecular complexity index is 1020. The zero-order chi connectivity index (χ0) is 20.3. The minimum Gasteiger partial charge on any atom is -0.491 e. The van der Waals surface area contributed by atoms with Crippen molar-refractivity contribution in [1.82, 2.24) is 0 Å². The van der Waals surface area contributed by atoms with Crippen LogP contribution in [0.3, 0.4) is 0 Å². The monoisotopic (exact) mass is 384 g/mol. The van der Waals surface area contributed by atoms with Gasteiger partial charge in [-0.15, -0.1) is 0 Å². The maximum Gasteiger partial charge on any atom is 0.192 e. The Kier molecular flexibility index (Phi) is 5.32. The molecule has 0 heterocycles. The van der Waals surface area contributed by atoms with Crippen molar-refractivity contribution in [2.45, 2.75) is 31.5 Å². The first-order chi connectivity index (χ1) is 14.1. The van der Waals surface area contributed by atoms with E-state index in [0.717, 1.165) is 11.3 Å². The molecule has 0 aliphatic heterocycles. The van der Waals surface area contributed by atoms with E-state index in [4.69, 9.17) is 4.74 Å². The molecular weight excluding hydrogens is 360 g/mol. The van der Waals surface area contributed by atoms with Crippen molar-refractivity contribution in [3.8, 4) is 5.75 Å². The summed E-state index contributed by atoms with van der Waals surface area (Å²) in [6, 6.07) is 26.6. The lowest BCUT2D eigenvalue weighted by Crippen LogP contribution is -2.28. The fraction of sp³-hybridized carbons (Fsp3) is 0.192. The van der Waals surface area contributed by atoms with Crippen LogP contribution in [0, 0.1) is 0 Å². The summed E-state index contributed by atoms with van der Waals surface area (Å²) in [5.74, 6) is 0.693. The van der Waals surface area contributed by atoms with E-state index >= 15 is 0 Å². The van der Waals surface area contributed by atoms with Gasteiger partial charge in [0.25, 0.3) is 0 Å². The van der Waals surface area contributed by atoms with Crippen LogP contribution in [-0.2, 0) is 5.60 Å². The molecule has 4 rings (SSSR count). The van der Waals surface area contributed by atoms with Gasteiger partial charge in [0.2, 0.25) is 0 Å². The van der Waals surface area contributed by atoms with E-state index in [9.17, 15) is 9.90 Å². The number of ether oxygens (including phenoxy) is 1. The number of rotatable bonds is 6. The van der Waals surface area contributed by atoms with E-state index in [1.54, 1.807) is 6.07 Å². The van der Waals surface area contributed by atoms with Gasteiger partial charge in [-0.05, 0) is 49.1 Å². The van der Waals surface area contributed by atoms with Gasteiger partial charge in [-0.1, -0.05) is 72.8 Å². The molecule has 1 aliphatic rings. The number of Topliss-reactive ketones (excluding diaryl/α,β-unsaturated/α-hetero) is 1. The lowest BCUT2D eigenvalue weighted by Gasteiger charge is -2.27. The quantitative estimate of drug-likeness (QED) is 0.579. The summed E-state index contributed by atoms with van der Waals surface area (Å²) < 4.78 is 5.97. The third kappa shape index (κ3) is 3.87. The first kappa shape index (κ1) is 19.2. The average molecular weight is 384 g/mol. The van der Waals surface area contributed by atoms with E-state index in [1.165, 1.54) is 0 Å². The smallest absolute Gasteiger partial charge is 0.192 e. The third-order valence-corrected chi connectivity index (χ3v) is 5.41. The molecule has 0 radical (unpaired) electrons. The minimum atomic E-state index is -1.32. The van der Waals surface area contributed by atoms with Crippen LogP contribution < -0.4 is 4.74 Å². The molecule has 3 aromatic rings. The summed E-state index contributed by atoms with van der Waals surface area (Å²) >= 11 is 0. The van der Waals surface area contributed by atoms with E-state index in [0.29, 0.717) is 29.5 Å². The number of para-hydroxylation sites is 1. The van der Waals surface area contributed by atoms with E-state index in [2.05, 4.69) is 0 Å². The number of aliphatic hydroxyl groups is 1. The molecule has 0 spiro atoms. The van der Waals surface area contributed by atoms with Crippen molar-refractivity contribution < 1.29 is 14.6 Å². The molecule has 0 bridgehead atoms. The number of benzene rings is 3. The molecule has 3 heteroatoms. The van der Waals surface area contributed by atoms with Crippen molar-refractivity contribution in [2.75, 3.05) is 0 Å². The lowest BCUT2D eigenvalue weighted by molar-refractivity contribution is 0.0546. The summed E-state index contributed by atoms with van der Waals surface area (Å²) in [5.41, 5.74) is 1.26. The molecule has 1 N–H and O–H groups in total. The van der Waals surface area contributed by atoms with Crippen LogP contribution in [0.4, 0.5) is 0 Å². The molecule has 2 unspecified atom stereocenters. The van der Waals surface area contributed by atoms with Crippen LogP contribution in [0.5, 0.6) is 5.75 Å². The van der Waals surface area contributed by atoms with Gasteiger partial charge in [-0.3, -0.25) is 4.79 Å². The molecule has 0 amide bonds. The molecule has 0 fully saturated rings. The molecule has 3 aromatic carbocycles. The highest BCUT2D eigenvalue weighted by atomic mass is 16.5. The summed E-state index contributed by atoms with van der Waals surface area (Å²) in [6.45, 7) is 1.99. The second-order valence-electron chi connectivity index (χ2n) is 7.48. The highest BCUT2D eigenvalue weighted by Gasteiger charge is 2.46. The predicted octanol–water partition coefficient (Wildman–Crippen LogP) is 5.40. The highest BCUT2D eigenvalue weighted by molar-refractivity contribution is 6.17. The summed E-state index contributed by atoms with van der Waals surface area (Å²) in [4.78, 5) is 13.1. The third-order valence-electron chi connectivity index (χ3n) is 5.41. The molecule has 3 nitrogen and oxygen atoms in total. The van der Waals surface area contributed by atoms with Gasteiger partial charge in [0.05, 0.1) is 6.10 Å². The number of fused-ring (bicyclic) bond motifs is 1. The largest absolute Gasteiger partial charge is 0.491 e. The van der Waals surface area contributed by atoms with Crippen molar-refractivity contribution in [1.29, 1.82) is 0 Å². The maximum absolute atomic E-state index is 13.1. The summed E-state index contributed by atoms with van der Waals surface area (Å²) in [7, 11) is 0. The molecule has 0 saturated heterocycles. The average Bonchev–Trinajstić information content (AvgIpc) is 2.96. The van der Waals surface area contributed by atoms with Crippen LogP contribution in [0.2, 0.25) is 0 Å². The van der Waals surface area contributed by atoms with Crippen molar-refractivity contribution in [2.24, 2.45) is 0 Å². The summed E-state index contributed by atoms with van der Waals surface area (Å²) in [5, 5.41) is 11.7. The normalized spacial score (nSPS) is 20.5. The topological polar surface area (TPSA) is 46.5 Å². The van der Waals surface area contributed by atoms with E-state index in [-0.39, 0.29) is 11.9 Å². The van der Waals surface area contributed by atoms with E-state index < -0.39 is 5.60 Å². The molecular formula is C26H24O3. The second kappa shape index (κ2) is 8.06. The van der Waals surface area contributed by atoms with Crippen LogP contribution in [0.25, 0.3) is 6.08 Å². The fourth-order valence-electron chi connectivity index (χ4n) is 3.89. The van der Waals surface area contributed by atoms with Gasteiger partial charge in [0, 0.05) is 11.1 Å². The van der Waals surface area contributed by atoms with E-state index in [1.807, 2.05) is 91.9 Å². The molecule has 29 heavy (non-hydrogen) atoms. The van der Waals surface area contributed by atoms with Crippen LogP contribution in [0.1, 0.15) is 41.3 Å². The van der Waals surface area contributed by atoms with Crippen molar-refractivity contribution >= 4 is 11.9 Å². The molecule has 0 aromatic heterocycles. The van der Waals surface area contributed by atoms with Gasteiger partial charge < -0.3 is 9.84 Å². The number of hydrogen-bond donors (Lipinski definition) is 1. The maximum atomic E-state index is 13.1. The first-order valence-electron chi connectivity index (χ1n) is 9.93. The Morgan fingerprint density at radius 1 is 0.931 bits per heavy atom. The Balaban J connectivity index is 1.62. The zero-order valence-corrected chi connectivity index (χ0v) is 16.4. The van der Waals surface area contributed by atoms with Crippen LogP contribution >= 0.6 is 0 Å². The van der Waals surface area contributed by atoms with Gasteiger partial charge >= 0.3 is 0 Å². The lowest BCUT2D eigenvalue weighted by atomic mass is 9.85. The Hall–Kier alpha value is -3.17. The van der Waals surface area contributed by atoms with Crippen LogP contribution in [0.15, 0.2) is 90.5 Å². The molecule has 146 valence electrons. The highest BCUT2D eigenvalue weighted by Crippen LogP contribution is 2.45. The van der Waals surface area contributed by atoms with Gasteiger partial charge in [0.15, 0.2) is 5.78 Å². The van der Waals surface area contributed by atoms with Gasteiger partial charge in [0.1, 0.15) is 11.4 Å². The Labute approximate surface area is 171 Å². The van der Waals surface area contributed by atoms with Crippen LogP contribution in [-0.4, -0.2) is 17.0 Å². The van der Waals surface area contributed by atoms with Gasteiger partial charge in [-0.2, -0.15) is 0 Å². The standard InChI is InChI=1S/C26H24O3/c1-19(29-21-12-6-3-7-13-21)16-17-26(28)23-15-9-8-14-22(23)25(27)24(26)18-20-10-4-2-5-11-20/h2-15,18-19,28H,16-17H2,1H3/b24-18-. The minimum absolute atomic E-state index is 0.0951. The van der Waals surface area contributed by atoms with Crippen molar-refractivity contribution in [3.63, 3.8) is 0 Å². The first-order valence-corrected chi connectivity index (χ1v) is 9.93. The number of hydrogen-bond acceptors (Lipinski definition) is 3. The Morgan fingerprint density at radius 3 is 2.28 bits per heavy atom. The Morgan fingerprint density at radius 2 is 1.55 bits per heavy atom. The summed E-state index contributed by atoms with van der Waals surface area (Å²) in [6.07, 6.45) is 2.73. The number of carbonyl (C=O) groups excluding carboxylic acids is 1. The molecule has 0 saturated carbocycles. The SMILES string of the molecule is CC(CCC1(O)/C(=C\c2ccccc2)C(=O)c2ccccc21)Oc1ccccc1. The van der Waals surface area contributed by atoms with Gasteiger partial charge in [-0.25, -0.2) is 0 Å². The number of carbonyl (C=O) groups is 1. The number of ketones is 1. The fourth-order valence-corrected chi connectivity index (χ4v) is 3.89. The zero-order valence-electron chi connectivity index (χ0n) is 16.4. The molecule has 1 aliphatic carbocycles. The second-order valence-corrected chi connectivity index (χ2v) is 7.48.